The van der Waals surface area contributed by atoms with Crippen molar-refractivity contribution in [3.05, 3.63) is 0 Å². The molecular formula is C3H6F3OP. The van der Waals surface area contributed by atoms with E-state index in [-0.39, 0.29) is 0 Å². The summed E-state index contributed by atoms with van der Waals surface area (Å²) in [5, 5.41) is 0. The summed E-state index contributed by atoms with van der Waals surface area (Å²) in [6.07, 6.45) is 0. The van der Waals surface area contributed by atoms with E-state index in [2.05, 4.69) is 0 Å². The molecule has 0 unspecified atom stereocenters. The Labute approximate surface area is 45.3 Å². The van der Waals surface area contributed by atoms with Crippen LogP contribution in [0.15, 0.2) is 0 Å². The Balaban J connectivity index is 4.26. The summed E-state index contributed by atoms with van der Waals surface area (Å²) in [4.78, 5) is 0. The van der Waals surface area contributed by atoms with E-state index in [0.717, 1.165) is 0 Å². The summed E-state index contributed by atoms with van der Waals surface area (Å²) in [5.41, 5.74) is 0. The van der Waals surface area contributed by atoms with Crippen molar-refractivity contribution >= 4 is 7.14 Å². The van der Waals surface area contributed by atoms with E-state index in [9.17, 15) is 17.7 Å². The van der Waals surface area contributed by atoms with E-state index < -0.39 is 13.1 Å². The average molecular weight is 146 g/mol. The van der Waals surface area contributed by atoms with Gasteiger partial charge in [0.15, 0.2) is 7.14 Å². The highest BCUT2D eigenvalue weighted by atomic mass is 31.2. The van der Waals surface area contributed by atoms with Gasteiger partial charge in [0.1, 0.15) is 0 Å². The van der Waals surface area contributed by atoms with Gasteiger partial charge in [-0.05, 0) is 13.3 Å². The van der Waals surface area contributed by atoms with Crippen molar-refractivity contribution in [3.8, 4) is 0 Å². The smallest absolute Gasteiger partial charge is 0.314 e. The zero-order valence-corrected chi connectivity index (χ0v) is 5.38. The van der Waals surface area contributed by atoms with Crippen LogP contribution in [0, 0.1) is 0 Å². The number of rotatable bonds is 0. The molecule has 50 valence electrons. The van der Waals surface area contributed by atoms with Crippen LogP contribution in [-0.2, 0) is 4.57 Å². The third-order valence-corrected chi connectivity index (χ3v) is 1.83. The molecule has 0 rings (SSSR count). The molecule has 0 aromatic carbocycles. The van der Waals surface area contributed by atoms with E-state index in [1.807, 2.05) is 0 Å². The van der Waals surface area contributed by atoms with Crippen LogP contribution in [0.3, 0.4) is 0 Å². The first-order valence-electron chi connectivity index (χ1n) is 1.87. The molecule has 0 heterocycles. The molecule has 1 nitrogen and oxygen atoms in total. The number of alkyl halides is 3. The van der Waals surface area contributed by atoms with Gasteiger partial charge in [0.2, 0.25) is 0 Å². The monoisotopic (exact) mass is 146 g/mol. The van der Waals surface area contributed by atoms with Crippen LogP contribution in [0.5, 0.6) is 0 Å². The number of hydrogen-bond acceptors (Lipinski definition) is 1. The standard InChI is InChI=1S/C3H6F3OP/c1-8(2,7)3(4,5)6/h1-2H3. The molecular weight excluding hydrogens is 140 g/mol. The third-order valence-electron chi connectivity index (χ3n) is 0.611. The largest absolute Gasteiger partial charge is 0.439 e. The second kappa shape index (κ2) is 1.76. The fourth-order valence-electron chi connectivity index (χ4n) is 0. The Morgan fingerprint density at radius 3 is 1.38 bits per heavy atom. The molecule has 8 heavy (non-hydrogen) atoms. The second-order valence-corrected chi connectivity index (χ2v) is 5.03. The maximum atomic E-state index is 11.3. The minimum atomic E-state index is -4.51. The van der Waals surface area contributed by atoms with Crippen LogP contribution in [0.1, 0.15) is 0 Å². The molecule has 0 saturated heterocycles. The Bertz CT molecular complexity index is 121. The molecule has 0 atom stereocenters. The molecule has 0 saturated carbocycles. The quantitative estimate of drug-likeness (QED) is 0.478. The molecule has 0 aliphatic rings. The molecule has 5 heteroatoms. The number of hydrogen-bond donors (Lipinski definition) is 0. The molecule has 0 N–H and O–H groups in total. The van der Waals surface area contributed by atoms with Crippen molar-refractivity contribution < 1.29 is 17.7 Å². The molecule has 0 spiro atoms. The Morgan fingerprint density at radius 1 is 1.25 bits per heavy atom. The molecule has 0 aromatic rings. The highest BCUT2D eigenvalue weighted by Gasteiger charge is 2.42. The first-order chi connectivity index (χ1) is 3.25. The zero-order chi connectivity index (χ0) is 7.00. The van der Waals surface area contributed by atoms with Crippen molar-refractivity contribution in [2.24, 2.45) is 0 Å². The van der Waals surface area contributed by atoms with Crippen LogP contribution >= 0.6 is 7.14 Å². The van der Waals surface area contributed by atoms with Crippen LogP contribution in [0.25, 0.3) is 0 Å². The summed E-state index contributed by atoms with van der Waals surface area (Å²) in [5.74, 6) is -4.51. The van der Waals surface area contributed by atoms with E-state index in [1.54, 1.807) is 0 Å². The van der Waals surface area contributed by atoms with Gasteiger partial charge in [0.25, 0.3) is 0 Å². The molecule has 0 aliphatic heterocycles. The van der Waals surface area contributed by atoms with Gasteiger partial charge in [-0.3, -0.25) is 0 Å². The summed E-state index contributed by atoms with van der Waals surface area (Å²) in [6, 6.07) is 0. The highest BCUT2D eigenvalue weighted by molar-refractivity contribution is 7.63. The first-order valence-corrected chi connectivity index (χ1v) is 4.47. The van der Waals surface area contributed by atoms with E-state index in [1.165, 1.54) is 0 Å². The normalized spacial score (nSPS) is 14.1. The Kier molecular flexibility index (Phi) is 1.77. The summed E-state index contributed by atoms with van der Waals surface area (Å²) >= 11 is 0. The SMILES string of the molecule is CP(C)(=O)C(F)(F)F. The van der Waals surface area contributed by atoms with Crippen LogP contribution in [0.4, 0.5) is 13.2 Å². The predicted octanol–water partition coefficient (Wildman–Crippen LogP) is 2.13. The van der Waals surface area contributed by atoms with Crippen molar-refractivity contribution in [3.63, 3.8) is 0 Å². The predicted molar refractivity (Wildman–Crippen MR) is 25.5 cm³/mol. The fourth-order valence-corrected chi connectivity index (χ4v) is 0. The summed E-state index contributed by atoms with van der Waals surface area (Å²) in [6.45, 7) is 1.40. The molecule has 0 radical (unpaired) electrons. The van der Waals surface area contributed by atoms with Gasteiger partial charge in [0.05, 0.1) is 0 Å². The minimum absolute atomic E-state index is 0.701. The zero-order valence-electron chi connectivity index (χ0n) is 4.49. The summed E-state index contributed by atoms with van der Waals surface area (Å²) < 4.78 is 44.0. The maximum absolute atomic E-state index is 11.3. The molecule has 0 amide bonds. The second-order valence-electron chi connectivity index (χ2n) is 1.82. The van der Waals surface area contributed by atoms with Gasteiger partial charge in [-0.15, -0.1) is 0 Å². The first kappa shape index (κ1) is 8.02. The van der Waals surface area contributed by atoms with Crippen molar-refractivity contribution in [2.75, 3.05) is 13.3 Å². The molecule has 0 aromatic heterocycles. The average Bonchev–Trinajstić information content (AvgIpc) is 1.25. The lowest BCUT2D eigenvalue weighted by Crippen LogP contribution is -2.05. The lowest BCUT2D eigenvalue weighted by atomic mass is 11.5. The minimum Gasteiger partial charge on any atom is -0.314 e. The van der Waals surface area contributed by atoms with Gasteiger partial charge >= 0.3 is 5.92 Å². The van der Waals surface area contributed by atoms with Crippen LogP contribution in [0.2, 0.25) is 0 Å². The Morgan fingerprint density at radius 2 is 1.38 bits per heavy atom. The lowest BCUT2D eigenvalue weighted by molar-refractivity contribution is -0.0453. The molecule has 0 fully saturated rings. The van der Waals surface area contributed by atoms with Crippen molar-refractivity contribution in [1.29, 1.82) is 0 Å². The van der Waals surface area contributed by atoms with E-state index in [0.29, 0.717) is 13.3 Å². The fraction of sp³-hybridized carbons (Fsp3) is 1.00. The van der Waals surface area contributed by atoms with Gasteiger partial charge in [-0.25, -0.2) is 0 Å². The topological polar surface area (TPSA) is 17.1 Å². The third kappa shape index (κ3) is 1.86. The van der Waals surface area contributed by atoms with Crippen molar-refractivity contribution in [2.45, 2.75) is 5.92 Å². The maximum Gasteiger partial charge on any atom is 0.439 e. The van der Waals surface area contributed by atoms with Crippen LogP contribution in [-0.4, -0.2) is 19.2 Å². The van der Waals surface area contributed by atoms with Gasteiger partial charge < -0.3 is 4.57 Å². The molecule has 0 aliphatic carbocycles. The van der Waals surface area contributed by atoms with E-state index >= 15 is 0 Å². The lowest BCUT2D eigenvalue weighted by Gasteiger charge is -2.09. The van der Waals surface area contributed by atoms with Crippen molar-refractivity contribution in [1.82, 2.24) is 0 Å². The Hall–Kier alpha value is 0.0200. The van der Waals surface area contributed by atoms with Gasteiger partial charge in [0, 0.05) is 0 Å². The van der Waals surface area contributed by atoms with Gasteiger partial charge in [-0.1, -0.05) is 0 Å². The highest BCUT2D eigenvalue weighted by Crippen LogP contribution is 2.54. The van der Waals surface area contributed by atoms with Gasteiger partial charge in [-0.2, -0.15) is 13.2 Å². The molecule has 0 bridgehead atoms. The van der Waals surface area contributed by atoms with Crippen LogP contribution < -0.4 is 0 Å². The van der Waals surface area contributed by atoms with E-state index in [4.69, 9.17) is 0 Å². The summed E-state index contributed by atoms with van der Waals surface area (Å²) in [7, 11) is -3.85. The number of halogens is 3.